The normalized spacial score (nSPS) is 11.0. The molecule has 0 spiro atoms. The minimum absolute atomic E-state index is 0.0730. The lowest BCUT2D eigenvalue weighted by molar-refractivity contribution is -0.119. The highest BCUT2D eigenvalue weighted by Gasteiger charge is 2.22. The van der Waals surface area contributed by atoms with E-state index in [0.717, 1.165) is 0 Å². The van der Waals surface area contributed by atoms with E-state index in [0.29, 0.717) is 22.8 Å². The van der Waals surface area contributed by atoms with E-state index in [-0.39, 0.29) is 17.0 Å². The summed E-state index contributed by atoms with van der Waals surface area (Å²) < 4.78 is 32.9. The molecule has 3 rings (SSSR count). The largest absolute Gasteiger partial charge is 0.447 e. The minimum atomic E-state index is -4.12. The molecule has 0 radical (unpaired) electrons. The summed E-state index contributed by atoms with van der Waals surface area (Å²) in [6.45, 7) is 1.77. The first-order chi connectivity index (χ1) is 14.4. The number of carbonyl (C=O) groups excluding carboxylic acids is 2. The Morgan fingerprint density at radius 1 is 1.03 bits per heavy atom. The molecule has 2 N–H and O–H groups in total. The molecule has 3 aromatic rings. The molecule has 156 valence electrons. The summed E-state index contributed by atoms with van der Waals surface area (Å²) in [6, 6.07) is 16.1. The van der Waals surface area contributed by atoms with Crippen molar-refractivity contribution in [1.82, 2.24) is 4.72 Å². The van der Waals surface area contributed by atoms with Gasteiger partial charge in [0, 0.05) is 12.0 Å². The monoisotopic (exact) mass is 444 g/mol. The van der Waals surface area contributed by atoms with Gasteiger partial charge in [0.25, 0.3) is 15.9 Å². The van der Waals surface area contributed by atoms with Gasteiger partial charge in [0.1, 0.15) is 10.6 Å². The first-order valence-corrected chi connectivity index (χ1v) is 11.5. The van der Waals surface area contributed by atoms with E-state index >= 15 is 0 Å². The van der Waals surface area contributed by atoms with Gasteiger partial charge in [0.15, 0.2) is 5.06 Å². The van der Waals surface area contributed by atoms with Crippen molar-refractivity contribution in [3.63, 3.8) is 0 Å². The fourth-order valence-corrected chi connectivity index (χ4v) is 4.39. The van der Waals surface area contributed by atoms with Crippen LogP contribution in [0.5, 0.6) is 10.8 Å². The number of nitrogens with one attached hydrogen (secondary N) is 2. The molecule has 0 saturated carbocycles. The summed E-state index contributed by atoms with van der Waals surface area (Å²) in [6.07, 6.45) is 0.606. The maximum atomic E-state index is 12.7. The molecule has 7 nitrogen and oxygen atoms in total. The molecular formula is C21H20N2O5S2. The Hall–Kier alpha value is -3.17. The molecule has 1 aromatic heterocycles. The maximum absolute atomic E-state index is 12.7. The number of hydrogen-bond acceptors (Lipinski definition) is 6. The van der Waals surface area contributed by atoms with Crippen molar-refractivity contribution in [2.45, 2.75) is 24.7 Å². The number of carbonyl (C=O) groups is 2. The van der Waals surface area contributed by atoms with Crippen LogP contribution in [0.15, 0.2) is 70.9 Å². The van der Waals surface area contributed by atoms with Crippen LogP contribution >= 0.6 is 11.3 Å². The number of rotatable bonds is 8. The van der Waals surface area contributed by atoms with Gasteiger partial charge >= 0.3 is 0 Å². The van der Waals surface area contributed by atoms with E-state index in [4.69, 9.17) is 4.74 Å². The fraction of sp³-hybridized carbons (Fsp3) is 0.143. The van der Waals surface area contributed by atoms with E-state index in [1.54, 1.807) is 37.3 Å². The summed E-state index contributed by atoms with van der Waals surface area (Å²) in [7, 11) is -4.12. The van der Waals surface area contributed by atoms with Gasteiger partial charge in [-0.3, -0.25) is 9.59 Å². The SMILES string of the molecule is CCCC(=O)NS(=O)(=O)c1ccccc1NC(=O)c1cccc(Oc2cccs2)c1. The predicted molar refractivity (Wildman–Crippen MR) is 115 cm³/mol. The Labute approximate surface area is 178 Å². The smallest absolute Gasteiger partial charge is 0.266 e. The fourth-order valence-electron chi connectivity index (χ4n) is 2.62. The molecule has 2 amide bonds. The van der Waals surface area contributed by atoms with Crippen LogP contribution in [-0.4, -0.2) is 20.2 Å². The topological polar surface area (TPSA) is 102 Å². The molecule has 0 unspecified atom stereocenters. The third-order valence-corrected chi connectivity index (χ3v) is 6.14. The molecule has 0 saturated heterocycles. The van der Waals surface area contributed by atoms with Gasteiger partial charge in [-0.25, -0.2) is 13.1 Å². The number of thiophene rings is 1. The Morgan fingerprint density at radius 3 is 2.57 bits per heavy atom. The van der Waals surface area contributed by atoms with Gasteiger partial charge < -0.3 is 10.1 Å². The number of anilines is 1. The van der Waals surface area contributed by atoms with Crippen molar-refractivity contribution in [3.05, 3.63) is 71.6 Å². The molecule has 9 heteroatoms. The van der Waals surface area contributed by atoms with Gasteiger partial charge in [0.2, 0.25) is 5.91 Å². The number of para-hydroxylation sites is 1. The summed E-state index contributed by atoms with van der Waals surface area (Å²) in [4.78, 5) is 24.3. The zero-order valence-corrected chi connectivity index (χ0v) is 17.8. The maximum Gasteiger partial charge on any atom is 0.266 e. The van der Waals surface area contributed by atoms with Gasteiger partial charge in [-0.1, -0.05) is 25.1 Å². The summed E-state index contributed by atoms with van der Waals surface area (Å²) in [5.74, 6) is -0.621. The Balaban J connectivity index is 1.80. The van der Waals surface area contributed by atoms with Crippen molar-refractivity contribution < 1.29 is 22.7 Å². The Morgan fingerprint density at radius 2 is 1.83 bits per heavy atom. The van der Waals surface area contributed by atoms with Crippen LogP contribution in [0.3, 0.4) is 0 Å². The average molecular weight is 445 g/mol. The van der Waals surface area contributed by atoms with E-state index in [1.165, 1.54) is 29.5 Å². The molecule has 30 heavy (non-hydrogen) atoms. The lowest BCUT2D eigenvalue weighted by atomic mass is 10.2. The van der Waals surface area contributed by atoms with Crippen LogP contribution in [0.4, 0.5) is 5.69 Å². The minimum Gasteiger partial charge on any atom is -0.447 e. The highest BCUT2D eigenvalue weighted by molar-refractivity contribution is 7.90. The number of hydrogen-bond donors (Lipinski definition) is 2. The lowest BCUT2D eigenvalue weighted by Crippen LogP contribution is -2.31. The van der Waals surface area contributed by atoms with Crippen LogP contribution < -0.4 is 14.8 Å². The highest BCUT2D eigenvalue weighted by atomic mass is 32.2. The summed E-state index contributed by atoms with van der Waals surface area (Å²) in [5.41, 5.74) is 0.371. The quantitative estimate of drug-likeness (QED) is 0.536. The standard InChI is InChI=1S/C21H20N2O5S2/c1-2-7-19(24)23-30(26,27)18-11-4-3-10-17(18)22-21(25)15-8-5-9-16(14-15)28-20-12-6-13-29-20/h3-6,8-14H,2,7H2,1H3,(H,22,25)(H,23,24). The average Bonchev–Trinajstić information content (AvgIpc) is 3.21. The van der Waals surface area contributed by atoms with Crippen LogP contribution in [0.2, 0.25) is 0 Å². The van der Waals surface area contributed by atoms with Gasteiger partial charge in [0.05, 0.1) is 5.69 Å². The summed E-state index contributed by atoms with van der Waals surface area (Å²) in [5, 5.41) is 5.17. The van der Waals surface area contributed by atoms with Crippen molar-refractivity contribution >= 4 is 38.9 Å². The number of benzene rings is 2. The molecule has 0 bridgehead atoms. The van der Waals surface area contributed by atoms with Crippen molar-refractivity contribution in [2.75, 3.05) is 5.32 Å². The van der Waals surface area contributed by atoms with E-state index in [1.807, 2.05) is 22.2 Å². The zero-order valence-electron chi connectivity index (χ0n) is 16.1. The second kappa shape index (κ2) is 9.55. The molecule has 0 atom stereocenters. The van der Waals surface area contributed by atoms with Crippen LogP contribution in [0, 0.1) is 0 Å². The molecule has 0 aliphatic carbocycles. The molecule has 0 fully saturated rings. The second-order valence-electron chi connectivity index (χ2n) is 6.29. The van der Waals surface area contributed by atoms with Crippen LogP contribution in [0.25, 0.3) is 0 Å². The van der Waals surface area contributed by atoms with Gasteiger partial charge in [-0.15, -0.1) is 11.3 Å². The van der Waals surface area contributed by atoms with Gasteiger partial charge in [-0.2, -0.15) is 0 Å². The molecule has 0 aliphatic heterocycles. The predicted octanol–water partition coefficient (Wildman–Crippen LogP) is 4.40. The third kappa shape index (κ3) is 5.46. The van der Waals surface area contributed by atoms with Gasteiger partial charge in [-0.05, 0) is 54.3 Å². The van der Waals surface area contributed by atoms with Crippen LogP contribution in [0.1, 0.15) is 30.1 Å². The molecular weight excluding hydrogens is 424 g/mol. The van der Waals surface area contributed by atoms with E-state index in [2.05, 4.69) is 5.32 Å². The summed E-state index contributed by atoms with van der Waals surface area (Å²) >= 11 is 1.42. The van der Waals surface area contributed by atoms with Crippen LogP contribution in [-0.2, 0) is 14.8 Å². The zero-order chi connectivity index (χ0) is 21.6. The second-order valence-corrected chi connectivity index (χ2v) is 8.85. The van der Waals surface area contributed by atoms with E-state index < -0.39 is 21.8 Å². The van der Waals surface area contributed by atoms with Crippen molar-refractivity contribution in [1.29, 1.82) is 0 Å². The lowest BCUT2D eigenvalue weighted by Gasteiger charge is -2.13. The highest BCUT2D eigenvalue weighted by Crippen LogP contribution is 2.27. The number of sulfonamides is 1. The van der Waals surface area contributed by atoms with Crippen molar-refractivity contribution in [2.24, 2.45) is 0 Å². The molecule has 2 aromatic carbocycles. The number of amides is 2. The first kappa shape index (κ1) is 21.5. The Bertz CT molecular complexity index is 1140. The first-order valence-electron chi connectivity index (χ1n) is 9.16. The number of ether oxygens (including phenoxy) is 1. The Kier molecular flexibility index (Phi) is 6.86. The molecule has 0 aliphatic rings. The third-order valence-electron chi connectivity index (χ3n) is 3.96. The molecule has 1 heterocycles. The van der Waals surface area contributed by atoms with Crippen molar-refractivity contribution in [3.8, 4) is 10.8 Å². The van der Waals surface area contributed by atoms with E-state index in [9.17, 15) is 18.0 Å².